The van der Waals surface area contributed by atoms with Crippen LogP contribution >= 0.6 is 0 Å². The lowest BCUT2D eigenvalue weighted by Crippen LogP contribution is -2.21. The van der Waals surface area contributed by atoms with Gasteiger partial charge in [0.05, 0.1) is 12.7 Å². The van der Waals surface area contributed by atoms with Crippen LogP contribution in [0.15, 0.2) is 0 Å². The van der Waals surface area contributed by atoms with E-state index in [-0.39, 0.29) is 0 Å². The minimum absolute atomic E-state index is 0.445. The zero-order valence-electron chi connectivity index (χ0n) is 7.68. The Morgan fingerprint density at radius 3 is 2.45 bits per heavy atom. The van der Waals surface area contributed by atoms with Gasteiger partial charge in [-0.3, -0.25) is 0 Å². The number of rotatable bonds is 3. The van der Waals surface area contributed by atoms with Crippen molar-refractivity contribution in [3.8, 4) is 0 Å². The first-order chi connectivity index (χ1) is 5.34. The van der Waals surface area contributed by atoms with Gasteiger partial charge >= 0.3 is 0 Å². The average molecular weight is 155 g/mol. The van der Waals surface area contributed by atoms with E-state index in [1.54, 1.807) is 0 Å². The van der Waals surface area contributed by atoms with Crippen molar-refractivity contribution in [3.05, 3.63) is 6.61 Å². The Hall–Kier alpha value is -0.0400. The Balaban J connectivity index is 2.21. The van der Waals surface area contributed by atoms with Gasteiger partial charge in [0, 0.05) is 0 Å². The van der Waals surface area contributed by atoms with E-state index < -0.39 is 0 Å². The van der Waals surface area contributed by atoms with Crippen molar-refractivity contribution in [2.45, 2.75) is 52.1 Å². The first-order valence-corrected chi connectivity index (χ1v) is 4.78. The maximum atomic E-state index is 5.46. The minimum Gasteiger partial charge on any atom is -0.373 e. The lowest BCUT2D eigenvalue weighted by Gasteiger charge is -2.26. The van der Waals surface area contributed by atoms with E-state index in [1.807, 2.05) is 13.5 Å². The van der Waals surface area contributed by atoms with Crippen molar-refractivity contribution in [1.82, 2.24) is 0 Å². The molecular formula is C10H19O. The number of hydrogen-bond acceptors (Lipinski definition) is 1. The minimum atomic E-state index is 0.445. The van der Waals surface area contributed by atoms with E-state index in [4.69, 9.17) is 4.74 Å². The molecule has 0 saturated heterocycles. The molecule has 1 atom stereocenters. The SMILES string of the molecule is C[CH]OC(C)C1CCCCC1. The van der Waals surface area contributed by atoms with Gasteiger partial charge in [0.25, 0.3) is 0 Å². The third-order valence-electron chi connectivity index (χ3n) is 2.66. The van der Waals surface area contributed by atoms with E-state index in [9.17, 15) is 0 Å². The third kappa shape index (κ3) is 2.82. The van der Waals surface area contributed by atoms with E-state index in [2.05, 4.69) is 6.92 Å². The molecule has 0 N–H and O–H groups in total. The van der Waals surface area contributed by atoms with Crippen molar-refractivity contribution in [3.63, 3.8) is 0 Å². The van der Waals surface area contributed by atoms with Gasteiger partial charge in [0.15, 0.2) is 0 Å². The van der Waals surface area contributed by atoms with Crippen LogP contribution in [0.5, 0.6) is 0 Å². The van der Waals surface area contributed by atoms with Crippen molar-refractivity contribution >= 4 is 0 Å². The summed E-state index contributed by atoms with van der Waals surface area (Å²) in [4.78, 5) is 0. The average Bonchev–Trinajstić information content (AvgIpc) is 2.07. The van der Waals surface area contributed by atoms with E-state index in [1.165, 1.54) is 32.1 Å². The second-order valence-corrected chi connectivity index (χ2v) is 3.47. The summed E-state index contributed by atoms with van der Waals surface area (Å²) >= 11 is 0. The molecule has 0 spiro atoms. The fourth-order valence-electron chi connectivity index (χ4n) is 1.93. The topological polar surface area (TPSA) is 9.23 Å². The van der Waals surface area contributed by atoms with Crippen LogP contribution in [0.3, 0.4) is 0 Å². The molecule has 0 bridgehead atoms. The molecular weight excluding hydrogens is 136 g/mol. The first-order valence-electron chi connectivity index (χ1n) is 4.78. The lowest BCUT2D eigenvalue weighted by molar-refractivity contribution is 0.0558. The van der Waals surface area contributed by atoms with E-state index >= 15 is 0 Å². The highest BCUT2D eigenvalue weighted by molar-refractivity contribution is 4.71. The monoisotopic (exact) mass is 155 g/mol. The molecule has 1 fully saturated rings. The van der Waals surface area contributed by atoms with Gasteiger partial charge in [-0.25, -0.2) is 0 Å². The molecule has 11 heavy (non-hydrogen) atoms. The Labute approximate surface area is 70.1 Å². The number of ether oxygens (including phenoxy) is 1. The van der Waals surface area contributed by atoms with Crippen LogP contribution in [-0.4, -0.2) is 6.10 Å². The summed E-state index contributed by atoms with van der Waals surface area (Å²) < 4.78 is 5.46. The molecule has 1 radical (unpaired) electrons. The molecule has 0 aromatic rings. The molecule has 0 aromatic carbocycles. The Morgan fingerprint density at radius 2 is 1.91 bits per heavy atom. The summed E-state index contributed by atoms with van der Waals surface area (Å²) in [6, 6.07) is 0. The molecule has 1 aliphatic carbocycles. The fourth-order valence-corrected chi connectivity index (χ4v) is 1.93. The van der Waals surface area contributed by atoms with Crippen molar-refractivity contribution < 1.29 is 4.74 Å². The molecule has 0 aromatic heterocycles. The largest absolute Gasteiger partial charge is 0.373 e. The van der Waals surface area contributed by atoms with E-state index in [0.717, 1.165) is 5.92 Å². The highest BCUT2D eigenvalue weighted by atomic mass is 16.5. The van der Waals surface area contributed by atoms with Crippen molar-refractivity contribution in [2.75, 3.05) is 0 Å². The molecule has 0 heterocycles. The second-order valence-electron chi connectivity index (χ2n) is 3.47. The molecule has 0 aliphatic heterocycles. The summed E-state index contributed by atoms with van der Waals surface area (Å²) in [6.45, 7) is 5.97. The Morgan fingerprint density at radius 1 is 1.27 bits per heavy atom. The van der Waals surface area contributed by atoms with Crippen LogP contribution in [0.4, 0.5) is 0 Å². The molecule has 1 heteroatoms. The second kappa shape index (κ2) is 4.76. The summed E-state index contributed by atoms with van der Waals surface area (Å²) in [5, 5.41) is 0. The summed E-state index contributed by atoms with van der Waals surface area (Å²) in [5.74, 6) is 0.819. The number of hydrogen-bond donors (Lipinski definition) is 0. The van der Waals surface area contributed by atoms with Gasteiger partial charge in [-0.05, 0) is 32.6 Å². The zero-order valence-corrected chi connectivity index (χ0v) is 7.68. The van der Waals surface area contributed by atoms with Crippen LogP contribution < -0.4 is 0 Å². The quantitative estimate of drug-likeness (QED) is 0.608. The maximum absolute atomic E-state index is 5.46. The summed E-state index contributed by atoms with van der Waals surface area (Å²) in [7, 11) is 0. The van der Waals surface area contributed by atoms with Crippen molar-refractivity contribution in [2.24, 2.45) is 5.92 Å². The first kappa shape index (κ1) is 9.05. The molecule has 1 saturated carbocycles. The lowest BCUT2D eigenvalue weighted by atomic mass is 9.86. The molecule has 1 nitrogen and oxygen atoms in total. The summed E-state index contributed by atoms with van der Waals surface area (Å²) in [6.07, 6.45) is 7.42. The van der Waals surface area contributed by atoms with Gasteiger partial charge in [0.1, 0.15) is 0 Å². The van der Waals surface area contributed by atoms with Crippen LogP contribution in [0, 0.1) is 12.5 Å². The van der Waals surface area contributed by atoms with Crippen LogP contribution in [0.1, 0.15) is 46.0 Å². The van der Waals surface area contributed by atoms with Gasteiger partial charge in [-0.15, -0.1) is 0 Å². The van der Waals surface area contributed by atoms with Gasteiger partial charge in [-0.1, -0.05) is 19.3 Å². The van der Waals surface area contributed by atoms with Crippen LogP contribution in [0.25, 0.3) is 0 Å². The molecule has 1 rings (SSSR count). The third-order valence-corrected chi connectivity index (χ3v) is 2.66. The van der Waals surface area contributed by atoms with Crippen LogP contribution in [-0.2, 0) is 4.74 Å². The van der Waals surface area contributed by atoms with Gasteiger partial charge < -0.3 is 4.74 Å². The van der Waals surface area contributed by atoms with Crippen molar-refractivity contribution in [1.29, 1.82) is 0 Å². The zero-order chi connectivity index (χ0) is 8.10. The standard InChI is InChI=1S/C10H19O/c1-3-11-9(2)10-7-5-4-6-8-10/h3,9-10H,4-8H2,1-2H3. The predicted octanol–water partition coefficient (Wildman–Crippen LogP) is 3.15. The van der Waals surface area contributed by atoms with Gasteiger partial charge in [-0.2, -0.15) is 0 Å². The summed E-state index contributed by atoms with van der Waals surface area (Å²) in [5.41, 5.74) is 0. The van der Waals surface area contributed by atoms with Crippen LogP contribution in [0.2, 0.25) is 0 Å². The Bertz CT molecular complexity index is 95.0. The molecule has 65 valence electrons. The fraction of sp³-hybridized carbons (Fsp3) is 0.900. The smallest absolute Gasteiger partial charge is 0.0809 e. The Kier molecular flexibility index (Phi) is 3.92. The normalized spacial score (nSPS) is 23.5. The molecule has 1 aliphatic rings. The van der Waals surface area contributed by atoms with E-state index in [0.29, 0.717) is 6.10 Å². The molecule has 0 amide bonds. The highest BCUT2D eigenvalue weighted by Crippen LogP contribution is 2.27. The highest BCUT2D eigenvalue weighted by Gasteiger charge is 2.19. The molecule has 1 unspecified atom stereocenters. The predicted molar refractivity (Wildman–Crippen MR) is 47.1 cm³/mol. The van der Waals surface area contributed by atoms with Gasteiger partial charge in [0.2, 0.25) is 0 Å². The maximum Gasteiger partial charge on any atom is 0.0809 e.